The maximum Gasteiger partial charge on any atom is 0.0234 e. The van der Waals surface area contributed by atoms with Crippen molar-refractivity contribution in [2.24, 2.45) is 17.1 Å². The van der Waals surface area contributed by atoms with Gasteiger partial charge in [0, 0.05) is 25.7 Å². The second kappa shape index (κ2) is 4.79. The molecular formula is C15H24N2. The number of nitrogens with zero attached hydrogens (tertiary/aromatic N) is 1. The Balaban J connectivity index is 1.98. The molecule has 2 rings (SSSR count). The maximum absolute atomic E-state index is 6.27. The standard InChI is InChI=1S/C15H24N2/c1-15(2,3)13-10-17(11-14(13)16)9-12-7-5-4-6-8-12/h4-8,13-14H,9-11,16H2,1-3H3/t13-,14+/m1/s1. The molecule has 94 valence electrons. The zero-order valence-corrected chi connectivity index (χ0v) is 11.2. The van der Waals surface area contributed by atoms with E-state index in [1.165, 1.54) is 5.56 Å². The smallest absolute Gasteiger partial charge is 0.0234 e. The molecule has 0 bridgehead atoms. The summed E-state index contributed by atoms with van der Waals surface area (Å²) in [5.41, 5.74) is 7.96. The number of nitrogens with two attached hydrogens (primary N) is 1. The first-order chi connectivity index (χ1) is 7.97. The Hall–Kier alpha value is -0.860. The SMILES string of the molecule is CC(C)(C)[C@@H]1CN(Cc2ccccc2)C[C@@H]1N. The van der Waals surface area contributed by atoms with Crippen LogP contribution < -0.4 is 5.73 Å². The lowest BCUT2D eigenvalue weighted by atomic mass is 9.78. The molecule has 1 heterocycles. The monoisotopic (exact) mass is 232 g/mol. The molecule has 0 radical (unpaired) electrons. The van der Waals surface area contributed by atoms with E-state index >= 15 is 0 Å². The van der Waals surface area contributed by atoms with Crippen molar-refractivity contribution in [1.29, 1.82) is 0 Å². The van der Waals surface area contributed by atoms with E-state index in [0.29, 0.717) is 17.4 Å². The highest BCUT2D eigenvalue weighted by Gasteiger charge is 2.37. The molecule has 0 saturated carbocycles. The maximum atomic E-state index is 6.27. The van der Waals surface area contributed by atoms with Crippen LogP contribution >= 0.6 is 0 Å². The molecule has 0 aliphatic carbocycles. The first-order valence-electron chi connectivity index (χ1n) is 6.48. The lowest BCUT2D eigenvalue weighted by molar-refractivity contribution is 0.217. The van der Waals surface area contributed by atoms with E-state index in [9.17, 15) is 0 Å². The molecule has 1 saturated heterocycles. The molecule has 1 aliphatic rings. The topological polar surface area (TPSA) is 29.3 Å². The molecule has 0 aromatic heterocycles. The van der Waals surface area contributed by atoms with Crippen molar-refractivity contribution in [2.75, 3.05) is 13.1 Å². The first kappa shape index (κ1) is 12.6. The molecule has 1 aromatic carbocycles. The summed E-state index contributed by atoms with van der Waals surface area (Å²) in [6.07, 6.45) is 0. The van der Waals surface area contributed by atoms with Gasteiger partial charge in [-0.3, -0.25) is 4.90 Å². The van der Waals surface area contributed by atoms with Crippen LogP contribution in [-0.4, -0.2) is 24.0 Å². The highest BCUT2D eigenvalue weighted by Crippen LogP contribution is 2.33. The van der Waals surface area contributed by atoms with Gasteiger partial charge in [0.15, 0.2) is 0 Å². The molecule has 1 fully saturated rings. The van der Waals surface area contributed by atoms with Crippen LogP contribution in [0.25, 0.3) is 0 Å². The number of likely N-dealkylation sites (tertiary alicyclic amines) is 1. The van der Waals surface area contributed by atoms with Gasteiger partial charge in [-0.05, 0) is 16.9 Å². The summed E-state index contributed by atoms with van der Waals surface area (Å²) < 4.78 is 0. The second-order valence-electron chi connectivity index (χ2n) is 6.32. The van der Waals surface area contributed by atoms with Crippen molar-refractivity contribution in [3.8, 4) is 0 Å². The Labute approximate surface area is 105 Å². The quantitative estimate of drug-likeness (QED) is 0.849. The Morgan fingerprint density at radius 3 is 2.35 bits per heavy atom. The summed E-state index contributed by atoms with van der Waals surface area (Å²) in [4.78, 5) is 2.48. The highest BCUT2D eigenvalue weighted by atomic mass is 15.2. The zero-order chi connectivity index (χ0) is 12.5. The summed E-state index contributed by atoms with van der Waals surface area (Å²) >= 11 is 0. The minimum absolute atomic E-state index is 0.310. The van der Waals surface area contributed by atoms with E-state index in [2.05, 4.69) is 56.0 Å². The summed E-state index contributed by atoms with van der Waals surface area (Å²) in [5, 5.41) is 0. The molecule has 17 heavy (non-hydrogen) atoms. The van der Waals surface area contributed by atoms with Gasteiger partial charge in [-0.15, -0.1) is 0 Å². The molecule has 2 heteroatoms. The average molecular weight is 232 g/mol. The fourth-order valence-corrected chi connectivity index (χ4v) is 2.80. The third kappa shape index (κ3) is 3.08. The van der Waals surface area contributed by atoms with Crippen LogP contribution in [0.1, 0.15) is 26.3 Å². The van der Waals surface area contributed by atoms with Gasteiger partial charge < -0.3 is 5.73 Å². The zero-order valence-electron chi connectivity index (χ0n) is 11.2. The van der Waals surface area contributed by atoms with Crippen LogP contribution in [0.2, 0.25) is 0 Å². The van der Waals surface area contributed by atoms with Crippen LogP contribution in [0, 0.1) is 11.3 Å². The normalized spacial score (nSPS) is 26.4. The highest BCUT2D eigenvalue weighted by molar-refractivity contribution is 5.15. The van der Waals surface area contributed by atoms with E-state index in [0.717, 1.165) is 19.6 Å². The first-order valence-corrected chi connectivity index (χ1v) is 6.48. The Morgan fingerprint density at radius 2 is 1.82 bits per heavy atom. The van der Waals surface area contributed by atoms with E-state index in [1.54, 1.807) is 0 Å². The molecule has 1 aromatic rings. The lowest BCUT2D eigenvalue weighted by Gasteiger charge is -2.29. The van der Waals surface area contributed by atoms with Gasteiger partial charge in [-0.25, -0.2) is 0 Å². The van der Waals surface area contributed by atoms with E-state index in [4.69, 9.17) is 5.73 Å². The molecule has 2 nitrogen and oxygen atoms in total. The predicted molar refractivity (Wildman–Crippen MR) is 72.6 cm³/mol. The van der Waals surface area contributed by atoms with Crippen molar-refractivity contribution in [3.05, 3.63) is 35.9 Å². The third-order valence-electron chi connectivity index (χ3n) is 3.80. The number of hydrogen-bond donors (Lipinski definition) is 1. The predicted octanol–water partition coefficient (Wildman–Crippen LogP) is 2.49. The van der Waals surface area contributed by atoms with Crippen LogP contribution in [0.3, 0.4) is 0 Å². The van der Waals surface area contributed by atoms with Crippen molar-refractivity contribution >= 4 is 0 Å². The van der Waals surface area contributed by atoms with E-state index in [1.807, 2.05) is 0 Å². The van der Waals surface area contributed by atoms with Gasteiger partial charge in [-0.1, -0.05) is 51.1 Å². The van der Waals surface area contributed by atoms with Crippen LogP contribution in [-0.2, 0) is 6.54 Å². The van der Waals surface area contributed by atoms with Crippen LogP contribution in [0.5, 0.6) is 0 Å². The van der Waals surface area contributed by atoms with E-state index in [-0.39, 0.29) is 0 Å². The minimum Gasteiger partial charge on any atom is -0.326 e. The Morgan fingerprint density at radius 1 is 1.18 bits per heavy atom. The third-order valence-corrected chi connectivity index (χ3v) is 3.80. The van der Waals surface area contributed by atoms with Crippen molar-refractivity contribution in [3.63, 3.8) is 0 Å². The van der Waals surface area contributed by atoms with Gasteiger partial charge in [0.05, 0.1) is 0 Å². The van der Waals surface area contributed by atoms with Crippen molar-refractivity contribution < 1.29 is 0 Å². The fourth-order valence-electron chi connectivity index (χ4n) is 2.80. The summed E-state index contributed by atoms with van der Waals surface area (Å²) in [7, 11) is 0. The Bertz CT molecular complexity index is 353. The van der Waals surface area contributed by atoms with Gasteiger partial charge >= 0.3 is 0 Å². The molecule has 2 atom stereocenters. The van der Waals surface area contributed by atoms with Gasteiger partial charge in [0.2, 0.25) is 0 Å². The molecule has 0 amide bonds. The number of rotatable bonds is 2. The second-order valence-corrected chi connectivity index (χ2v) is 6.32. The van der Waals surface area contributed by atoms with Gasteiger partial charge in [-0.2, -0.15) is 0 Å². The average Bonchev–Trinajstić information content (AvgIpc) is 2.60. The Kier molecular flexibility index (Phi) is 3.55. The molecule has 2 N–H and O–H groups in total. The van der Waals surface area contributed by atoms with Crippen molar-refractivity contribution in [2.45, 2.75) is 33.4 Å². The van der Waals surface area contributed by atoms with Crippen LogP contribution in [0.15, 0.2) is 30.3 Å². The van der Waals surface area contributed by atoms with Gasteiger partial charge in [0.1, 0.15) is 0 Å². The fraction of sp³-hybridized carbons (Fsp3) is 0.600. The minimum atomic E-state index is 0.310. The molecule has 1 aliphatic heterocycles. The van der Waals surface area contributed by atoms with Crippen LogP contribution in [0.4, 0.5) is 0 Å². The van der Waals surface area contributed by atoms with Crippen molar-refractivity contribution in [1.82, 2.24) is 4.90 Å². The molecule has 0 spiro atoms. The largest absolute Gasteiger partial charge is 0.326 e. The van der Waals surface area contributed by atoms with Gasteiger partial charge in [0.25, 0.3) is 0 Å². The summed E-state index contributed by atoms with van der Waals surface area (Å²) in [6.45, 7) is 10.1. The lowest BCUT2D eigenvalue weighted by Crippen LogP contribution is -2.36. The number of hydrogen-bond acceptors (Lipinski definition) is 2. The molecular weight excluding hydrogens is 208 g/mol. The summed E-state index contributed by atoms with van der Waals surface area (Å²) in [6, 6.07) is 11.0. The number of benzene rings is 1. The van der Waals surface area contributed by atoms with E-state index < -0.39 is 0 Å². The summed E-state index contributed by atoms with van der Waals surface area (Å²) in [5.74, 6) is 0.603. The molecule has 0 unspecified atom stereocenters.